The van der Waals surface area contributed by atoms with Crippen molar-refractivity contribution in [2.75, 3.05) is 0 Å². The third-order valence-corrected chi connectivity index (χ3v) is 24.3. The van der Waals surface area contributed by atoms with Gasteiger partial charge in [0, 0.05) is 186 Å². The van der Waals surface area contributed by atoms with Crippen molar-refractivity contribution in [3.05, 3.63) is 376 Å². The van der Waals surface area contributed by atoms with E-state index in [1.807, 2.05) is 54.6 Å². The average Bonchev–Trinajstić information content (AvgIpc) is 1.56. The van der Waals surface area contributed by atoms with Crippen LogP contribution in [0.3, 0.4) is 0 Å². The zero-order chi connectivity index (χ0) is 91.5. The van der Waals surface area contributed by atoms with E-state index in [0.29, 0.717) is 189 Å². The number of alkyl halides is 6. The Hall–Kier alpha value is -18.8. The molecule has 0 radical (unpaired) electrons. The second-order valence-electron chi connectivity index (χ2n) is 32.0. The molecule has 2 N–H and O–H groups in total. The van der Waals surface area contributed by atoms with Crippen molar-refractivity contribution >= 4 is 93.1 Å². The minimum absolute atomic E-state index is 0.0818. The van der Waals surface area contributed by atoms with Crippen molar-refractivity contribution < 1.29 is 26.3 Å². The molecule has 0 unspecified atom stereocenters. The zero-order valence-corrected chi connectivity index (χ0v) is 70.3. The molecule has 0 atom stereocenters. The largest absolute Gasteiger partial charge is 0.420 e. The molecular weight excluding hydrogens is 1710 g/mol. The Morgan fingerprint density at radius 2 is 0.585 bits per heavy atom. The van der Waals surface area contributed by atoms with E-state index < -0.39 is 23.5 Å². The lowest BCUT2D eigenvalue weighted by atomic mass is 9.97. The Labute approximate surface area is 760 Å². The lowest BCUT2D eigenvalue weighted by Gasteiger charge is -2.23. The van der Waals surface area contributed by atoms with E-state index in [0.717, 1.165) is 0 Å². The summed E-state index contributed by atoms with van der Waals surface area (Å²) >= 11 is 0. The van der Waals surface area contributed by atoms with Crippen LogP contribution in [0, 0.1) is 22.7 Å². The van der Waals surface area contributed by atoms with E-state index in [2.05, 4.69) is 73.5 Å². The monoisotopic (exact) mass is 1770 g/mol. The van der Waals surface area contributed by atoms with Gasteiger partial charge in [0.05, 0.1) is 90.1 Å². The maximum absolute atomic E-state index is 18.0. The van der Waals surface area contributed by atoms with E-state index in [-0.39, 0.29) is 56.9 Å². The maximum Gasteiger partial charge on any atom is 0.420 e. The molecule has 640 valence electrons. The van der Waals surface area contributed by atoms with Crippen LogP contribution in [0.4, 0.5) is 26.3 Å². The van der Waals surface area contributed by atoms with E-state index >= 15 is 26.3 Å². The van der Waals surface area contributed by atoms with Crippen molar-refractivity contribution in [2.24, 2.45) is 10.7 Å². The number of hydrogen-bond donors (Lipinski definition) is 1. The molecule has 0 saturated heterocycles. The second-order valence-corrected chi connectivity index (χ2v) is 32.0. The van der Waals surface area contributed by atoms with Gasteiger partial charge in [0.2, 0.25) is 0 Å². The van der Waals surface area contributed by atoms with Gasteiger partial charge in [0.15, 0.2) is 40.8 Å². The standard InChI is InChI=1S/C107H60F6N22/c1-2-117-98(116)64-18-25-84-78(43-64)79-46-67(21-28-85(79)132(84)92-50-71(62-13-3-11-60(41-62)56-114)51-93(96(92)106(108,109)110)133-86-26-19-65(99-118-29-5-30-119-99)44-80(86)81-45-66(20-27-87(81)133)100-120-31-6-32-121-100)104-130-58-73(59-131-104)77-54-82-76-24-17-70(103-126-37-9-38-127-103)49-90(76)135(91(82)55-83(77)105-128-39-10-40-129-105)95-53-72(63-14-4-12-61(42-63)57-115)52-94(97(95)107(111,112)113)134-88-47-68(101-122-33-7-34-123-101)15-22-74(88)75-23-16-69(48-89(75)134)102-124-35-8-36-125-102/h2-55,58-59H,1H2,(H2,116,117). The number of aliphatic imine (C=N–C) groups is 1. The van der Waals surface area contributed by atoms with Crippen LogP contribution >= 0.6 is 0 Å². The summed E-state index contributed by atoms with van der Waals surface area (Å²) in [6.07, 6.45) is 13.4. The summed E-state index contributed by atoms with van der Waals surface area (Å²) in [4.78, 5) is 69.8. The summed E-state index contributed by atoms with van der Waals surface area (Å²) < 4.78 is 113. The van der Waals surface area contributed by atoms with Crippen LogP contribution in [0.5, 0.6) is 0 Å². The molecule has 135 heavy (non-hydrogen) atoms. The van der Waals surface area contributed by atoms with Gasteiger partial charge >= 0.3 is 12.4 Å². The zero-order valence-electron chi connectivity index (χ0n) is 70.3. The van der Waals surface area contributed by atoms with Crippen molar-refractivity contribution in [1.82, 2.24) is 88.0 Å². The molecule has 0 bridgehead atoms. The van der Waals surface area contributed by atoms with Crippen LogP contribution in [0.1, 0.15) is 27.8 Å². The normalized spacial score (nSPS) is 12.0. The van der Waals surface area contributed by atoms with Crippen LogP contribution in [-0.2, 0) is 12.4 Å². The fraction of sp³-hybridized carbons (Fsp3) is 0.0187. The van der Waals surface area contributed by atoms with Crippen molar-refractivity contribution in [3.8, 4) is 148 Å². The molecule has 0 aliphatic heterocycles. The van der Waals surface area contributed by atoms with E-state index in [1.54, 1.807) is 275 Å². The predicted octanol–water partition coefficient (Wildman–Crippen LogP) is 23.9. The number of nitrogens with zero attached hydrogens (tertiary/aromatic N) is 21. The molecule has 0 fully saturated rings. The molecule has 0 amide bonds. The molecule has 11 heterocycles. The van der Waals surface area contributed by atoms with Crippen LogP contribution in [0.25, 0.3) is 223 Å². The lowest BCUT2D eigenvalue weighted by Crippen LogP contribution is -2.16. The van der Waals surface area contributed by atoms with Gasteiger partial charge in [0.25, 0.3) is 0 Å². The van der Waals surface area contributed by atoms with Gasteiger partial charge in [-0.2, -0.15) is 36.9 Å². The smallest absolute Gasteiger partial charge is 0.383 e. The fourth-order valence-electron chi connectivity index (χ4n) is 18.4. The third-order valence-electron chi connectivity index (χ3n) is 24.3. The molecule has 11 aromatic heterocycles. The second kappa shape index (κ2) is 32.1. The van der Waals surface area contributed by atoms with Crippen LogP contribution in [0.15, 0.2) is 353 Å². The highest BCUT2D eigenvalue weighted by molar-refractivity contribution is 6.17. The van der Waals surface area contributed by atoms with Crippen LogP contribution < -0.4 is 5.73 Å². The van der Waals surface area contributed by atoms with Crippen LogP contribution in [-0.4, -0.2) is 93.9 Å². The van der Waals surface area contributed by atoms with Crippen LogP contribution in [0.2, 0.25) is 0 Å². The molecule has 22 nitrogen and oxygen atoms in total. The Kier molecular flexibility index (Phi) is 19.2. The summed E-state index contributed by atoms with van der Waals surface area (Å²) in [5.41, 5.74) is 13.4. The average molecular weight is 1770 g/mol. The fourth-order valence-corrected chi connectivity index (χ4v) is 18.4. The van der Waals surface area contributed by atoms with Crippen molar-refractivity contribution in [1.29, 1.82) is 10.5 Å². The third kappa shape index (κ3) is 14.0. The van der Waals surface area contributed by atoms with Gasteiger partial charge in [0.1, 0.15) is 17.0 Å². The van der Waals surface area contributed by atoms with Crippen molar-refractivity contribution in [2.45, 2.75) is 12.4 Å². The predicted molar refractivity (Wildman–Crippen MR) is 508 cm³/mol. The number of rotatable bonds is 16. The molecule has 23 rings (SSSR count). The molecule has 23 aromatic rings. The Morgan fingerprint density at radius 1 is 0.281 bits per heavy atom. The minimum atomic E-state index is -5.17. The van der Waals surface area contributed by atoms with E-state index in [4.69, 9.17) is 25.7 Å². The van der Waals surface area contributed by atoms with Gasteiger partial charge in [-0.05, 0) is 216 Å². The van der Waals surface area contributed by atoms with E-state index in [9.17, 15) is 10.5 Å². The molecule has 0 aliphatic carbocycles. The molecule has 28 heteroatoms. The highest BCUT2D eigenvalue weighted by atomic mass is 19.4. The van der Waals surface area contributed by atoms with Crippen molar-refractivity contribution in [3.63, 3.8) is 0 Å². The Morgan fingerprint density at radius 3 is 0.941 bits per heavy atom. The quantitative estimate of drug-likeness (QED) is 0.0534. The molecule has 12 aromatic carbocycles. The first-order chi connectivity index (χ1) is 66.0. The molecule has 0 spiro atoms. The first kappa shape index (κ1) is 80.7. The summed E-state index contributed by atoms with van der Waals surface area (Å²) in [7, 11) is 0. The van der Waals surface area contributed by atoms with Gasteiger partial charge in [-0.3, -0.25) is 0 Å². The number of fused-ring (bicyclic) bond motifs is 12. The summed E-state index contributed by atoms with van der Waals surface area (Å²) in [5.74, 6) is 2.23. The molecular formula is C107H60F6N22. The molecule has 0 saturated carbocycles. The SMILES string of the molecule is C=CN=C(N)c1ccc2c(c1)c1cc(-c3ncc(-c4cc5c6ccc(-c7ncccn7)cc6n(-c6cc(-c7cccc(C#N)c7)cc(-n7c8cc(-c9ncccn9)ccc8c8ccc(-c9ncccn9)cc87)c6C(F)(F)F)c5cc4-c4ncccn4)cn3)ccc1n2-c1cc(-c2cccc(C#N)c2)cc(-n2c3ccc(-c4ncccn4)cc3c3cc(-c4ncccn4)ccc32)c1C(F)(F)F. The topological polar surface area (TPSA) is 286 Å². The minimum Gasteiger partial charge on any atom is -0.383 e. The number of amidine groups is 1. The lowest BCUT2D eigenvalue weighted by molar-refractivity contribution is -0.138. The first-order valence-corrected chi connectivity index (χ1v) is 42.3. The number of aromatic nitrogens is 18. The van der Waals surface area contributed by atoms with Gasteiger partial charge < -0.3 is 24.0 Å². The highest BCUT2D eigenvalue weighted by Gasteiger charge is 2.42. The summed E-state index contributed by atoms with van der Waals surface area (Å²) in [6, 6.07) is 75.2. The maximum atomic E-state index is 18.0. The Balaban J connectivity index is 0.735. The van der Waals surface area contributed by atoms with Gasteiger partial charge in [-0.25, -0.2) is 74.8 Å². The number of hydrogen-bond acceptors (Lipinski definition) is 17. The number of benzene rings is 12. The Bertz CT molecular complexity index is 8750. The van der Waals surface area contributed by atoms with Gasteiger partial charge in [-0.15, -0.1) is 0 Å². The molecule has 0 aliphatic rings. The highest BCUT2D eigenvalue weighted by Crippen LogP contribution is 2.52. The van der Waals surface area contributed by atoms with Gasteiger partial charge in [-0.1, -0.05) is 67.2 Å². The summed E-state index contributed by atoms with van der Waals surface area (Å²) in [6.45, 7) is 3.79. The van der Waals surface area contributed by atoms with E-state index in [1.165, 1.54) is 30.5 Å². The number of halogens is 6. The number of nitriles is 2. The first-order valence-electron chi connectivity index (χ1n) is 42.3. The summed E-state index contributed by atoms with van der Waals surface area (Å²) in [5, 5.41) is 25.2. The number of nitrogens with two attached hydrogens (primary N) is 1.